The highest BCUT2D eigenvalue weighted by atomic mass is 19.4. The zero-order valence-corrected chi connectivity index (χ0v) is 17.5. The van der Waals surface area contributed by atoms with Gasteiger partial charge in [-0.2, -0.15) is 18.4 Å². The summed E-state index contributed by atoms with van der Waals surface area (Å²) in [6, 6.07) is 7.26. The van der Waals surface area contributed by atoms with Crippen molar-refractivity contribution in [3.63, 3.8) is 0 Å². The molecule has 1 fully saturated rings. The smallest absolute Gasteiger partial charge is 0.337 e. The van der Waals surface area contributed by atoms with Crippen LogP contribution in [0.3, 0.4) is 0 Å². The number of nitriles is 1. The predicted molar refractivity (Wildman–Crippen MR) is 110 cm³/mol. The lowest BCUT2D eigenvalue weighted by Gasteiger charge is -2.29. The van der Waals surface area contributed by atoms with E-state index in [1.807, 2.05) is 11.4 Å². The number of alkyl halides is 3. The van der Waals surface area contributed by atoms with E-state index in [1.54, 1.807) is 0 Å². The van der Waals surface area contributed by atoms with Crippen LogP contribution in [0.1, 0.15) is 56.3 Å². The monoisotopic (exact) mass is 470 g/mol. The van der Waals surface area contributed by atoms with E-state index < -0.39 is 41.9 Å². The van der Waals surface area contributed by atoms with Crippen LogP contribution in [-0.2, 0) is 16.1 Å². The molecule has 2 aliphatic rings. The van der Waals surface area contributed by atoms with Gasteiger partial charge in [0.15, 0.2) is 6.04 Å². The van der Waals surface area contributed by atoms with Gasteiger partial charge in [0.2, 0.25) is 11.8 Å². The first-order valence-electron chi connectivity index (χ1n) is 10.2. The van der Waals surface area contributed by atoms with E-state index in [0.717, 1.165) is 12.1 Å². The summed E-state index contributed by atoms with van der Waals surface area (Å²) in [5.74, 6) is -2.47. The summed E-state index contributed by atoms with van der Waals surface area (Å²) in [5, 5.41) is 13.0. The Morgan fingerprint density at radius 1 is 1.15 bits per heavy atom. The third kappa shape index (κ3) is 4.34. The second-order valence-corrected chi connectivity index (χ2v) is 7.95. The van der Waals surface area contributed by atoms with Crippen molar-refractivity contribution in [2.75, 3.05) is 0 Å². The van der Waals surface area contributed by atoms with Gasteiger partial charge in [-0.25, -0.2) is 0 Å². The number of rotatable bonds is 4. The van der Waals surface area contributed by atoms with Crippen molar-refractivity contribution in [3.05, 3.63) is 70.3 Å². The van der Waals surface area contributed by atoms with Gasteiger partial charge in [-0.3, -0.25) is 24.5 Å². The first kappa shape index (κ1) is 23.0. The maximum Gasteiger partial charge on any atom is 0.412 e. The van der Waals surface area contributed by atoms with E-state index in [2.05, 4.69) is 5.32 Å². The highest BCUT2D eigenvalue weighted by Crippen LogP contribution is 2.34. The SMILES string of the molecule is N#Cc1ccc([C@@H](NC(=O)c2ccc3c(c2)CN(C2CCC(=O)NC2=O)C3=O)C(F)(F)F)cc1. The van der Waals surface area contributed by atoms with Crippen LogP contribution in [0, 0.1) is 11.3 Å². The first-order chi connectivity index (χ1) is 16.1. The number of carbonyl (C=O) groups is 4. The molecule has 4 amide bonds. The van der Waals surface area contributed by atoms with Crippen molar-refractivity contribution in [2.45, 2.75) is 37.6 Å². The average molecular weight is 470 g/mol. The lowest BCUT2D eigenvalue weighted by molar-refractivity contribution is -0.155. The zero-order valence-electron chi connectivity index (χ0n) is 17.5. The van der Waals surface area contributed by atoms with Gasteiger partial charge in [-0.15, -0.1) is 0 Å². The summed E-state index contributed by atoms with van der Waals surface area (Å²) in [4.78, 5) is 50.2. The molecule has 34 heavy (non-hydrogen) atoms. The second kappa shape index (κ2) is 8.62. The van der Waals surface area contributed by atoms with Crippen LogP contribution < -0.4 is 10.6 Å². The molecule has 0 aromatic heterocycles. The largest absolute Gasteiger partial charge is 0.412 e. The van der Waals surface area contributed by atoms with Crippen molar-refractivity contribution in [1.82, 2.24) is 15.5 Å². The zero-order chi connectivity index (χ0) is 24.6. The minimum Gasteiger partial charge on any atom is -0.337 e. The van der Waals surface area contributed by atoms with Crippen LogP contribution in [0.4, 0.5) is 13.2 Å². The highest BCUT2D eigenvalue weighted by molar-refractivity contribution is 6.06. The Kier molecular flexibility index (Phi) is 5.83. The Morgan fingerprint density at radius 3 is 2.47 bits per heavy atom. The molecule has 0 saturated carbocycles. The molecule has 1 unspecified atom stereocenters. The molecular formula is C23H17F3N4O4. The van der Waals surface area contributed by atoms with E-state index >= 15 is 0 Å². The Hall–Kier alpha value is -4.20. The quantitative estimate of drug-likeness (QED) is 0.665. The number of piperidine rings is 1. The van der Waals surface area contributed by atoms with Crippen molar-refractivity contribution in [1.29, 1.82) is 5.26 Å². The molecule has 2 heterocycles. The minimum atomic E-state index is -4.79. The summed E-state index contributed by atoms with van der Waals surface area (Å²) >= 11 is 0. The molecule has 2 aromatic rings. The maximum atomic E-state index is 13.7. The third-order valence-corrected chi connectivity index (χ3v) is 5.76. The van der Waals surface area contributed by atoms with Gasteiger partial charge in [-0.1, -0.05) is 12.1 Å². The molecule has 1 saturated heterocycles. The summed E-state index contributed by atoms with van der Waals surface area (Å²) in [7, 11) is 0. The number of benzene rings is 2. The van der Waals surface area contributed by atoms with Gasteiger partial charge >= 0.3 is 6.18 Å². The molecule has 2 atom stereocenters. The van der Waals surface area contributed by atoms with Crippen LogP contribution in [-0.4, -0.2) is 40.7 Å². The molecule has 0 bridgehead atoms. The Morgan fingerprint density at radius 2 is 1.85 bits per heavy atom. The number of carbonyl (C=O) groups excluding carboxylic acids is 4. The fourth-order valence-electron chi connectivity index (χ4n) is 4.03. The topological polar surface area (TPSA) is 119 Å². The third-order valence-electron chi connectivity index (χ3n) is 5.76. The number of amides is 4. The van der Waals surface area contributed by atoms with Crippen LogP contribution >= 0.6 is 0 Å². The van der Waals surface area contributed by atoms with E-state index in [9.17, 15) is 32.3 Å². The van der Waals surface area contributed by atoms with Gasteiger partial charge in [0.1, 0.15) is 6.04 Å². The van der Waals surface area contributed by atoms with E-state index in [0.29, 0.717) is 5.56 Å². The Bertz CT molecular complexity index is 1230. The number of nitrogens with one attached hydrogen (secondary N) is 2. The number of imide groups is 1. The molecule has 174 valence electrons. The fourth-order valence-corrected chi connectivity index (χ4v) is 4.03. The maximum absolute atomic E-state index is 13.7. The number of hydrogen-bond acceptors (Lipinski definition) is 5. The predicted octanol–water partition coefficient (Wildman–Crippen LogP) is 2.35. The molecule has 4 rings (SSSR count). The van der Waals surface area contributed by atoms with Crippen molar-refractivity contribution >= 4 is 23.6 Å². The van der Waals surface area contributed by atoms with Crippen LogP contribution in [0.2, 0.25) is 0 Å². The minimum absolute atomic E-state index is 0.0140. The van der Waals surface area contributed by atoms with Crippen LogP contribution in [0.25, 0.3) is 0 Å². The molecule has 11 heteroatoms. The van der Waals surface area contributed by atoms with E-state index in [4.69, 9.17) is 5.26 Å². The van der Waals surface area contributed by atoms with Crippen LogP contribution in [0.5, 0.6) is 0 Å². The first-order valence-corrected chi connectivity index (χ1v) is 10.2. The highest BCUT2D eigenvalue weighted by Gasteiger charge is 2.43. The normalized spacial score (nSPS) is 18.7. The molecule has 2 aromatic carbocycles. The van der Waals surface area contributed by atoms with Crippen molar-refractivity contribution < 1.29 is 32.3 Å². The molecular weight excluding hydrogens is 453 g/mol. The summed E-state index contributed by atoms with van der Waals surface area (Å²) < 4.78 is 41.0. The molecule has 0 aliphatic carbocycles. The number of fused-ring (bicyclic) bond motifs is 1. The average Bonchev–Trinajstić information content (AvgIpc) is 3.12. The lowest BCUT2D eigenvalue weighted by atomic mass is 10.0. The number of halogens is 3. The standard InChI is InChI=1S/C23H17F3N4O4/c24-23(25,26)19(13-3-1-12(10-27)2-4-13)29-20(32)14-5-6-16-15(9-14)11-30(22(16)34)17-7-8-18(31)28-21(17)33/h1-6,9,17,19H,7-8,11H2,(H,29,32)(H,28,31,33)/t17?,19-/m1/s1. The van der Waals surface area contributed by atoms with Gasteiger partial charge in [0, 0.05) is 24.1 Å². The summed E-state index contributed by atoms with van der Waals surface area (Å²) in [6.07, 6.45) is -4.55. The Balaban J connectivity index is 1.54. The molecule has 0 radical (unpaired) electrons. The van der Waals surface area contributed by atoms with Gasteiger partial charge in [0.25, 0.3) is 11.8 Å². The molecule has 8 nitrogen and oxygen atoms in total. The lowest BCUT2D eigenvalue weighted by Crippen LogP contribution is -2.52. The Labute approximate surface area is 191 Å². The van der Waals surface area contributed by atoms with E-state index in [1.165, 1.54) is 35.2 Å². The second-order valence-electron chi connectivity index (χ2n) is 7.95. The van der Waals surface area contributed by atoms with Crippen LogP contribution in [0.15, 0.2) is 42.5 Å². The molecule has 0 spiro atoms. The number of hydrogen-bond donors (Lipinski definition) is 2. The van der Waals surface area contributed by atoms with E-state index in [-0.39, 0.29) is 41.6 Å². The van der Waals surface area contributed by atoms with Gasteiger partial charge < -0.3 is 10.2 Å². The fraction of sp³-hybridized carbons (Fsp3) is 0.261. The van der Waals surface area contributed by atoms with Crippen molar-refractivity contribution in [3.8, 4) is 6.07 Å². The molecule has 2 aliphatic heterocycles. The number of nitrogens with zero attached hydrogens (tertiary/aromatic N) is 2. The molecule has 2 N–H and O–H groups in total. The van der Waals surface area contributed by atoms with Gasteiger partial charge in [-0.05, 0) is 47.9 Å². The summed E-state index contributed by atoms with van der Waals surface area (Å²) in [6.45, 7) is -0.0140. The van der Waals surface area contributed by atoms with Gasteiger partial charge in [0.05, 0.1) is 11.6 Å². The van der Waals surface area contributed by atoms with Crippen molar-refractivity contribution in [2.24, 2.45) is 0 Å². The summed E-state index contributed by atoms with van der Waals surface area (Å²) in [5.41, 5.74) is 0.490.